The van der Waals surface area contributed by atoms with E-state index in [1.807, 2.05) is 69.5 Å². The molecule has 0 spiro atoms. The van der Waals surface area contributed by atoms with Crippen LogP contribution < -0.4 is 10.2 Å². The summed E-state index contributed by atoms with van der Waals surface area (Å²) in [6.45, 7) is 20.2. The van der Waals surface area contributed by atoms with Crippen LogP contribution in [0.5, 0.6) is 0 Å². The minimum absolute atomic E-state index is 0.0146. The molecule has 2 aromatic heterocycles. The Balaban J connectivity index is 1.63. The smallest absolute Gasteiger partial charge is 0.410 e. The highest BCUT2D eigenvalue weighted by Crippen LogP contribution is 2.29. The van der Waals surface area contributed by atoms with E-state index in [0.717, 1.165) is 12.2 Å². The summed E-state index contributed by atoms with van der Waals surface area (Å²) >= 11 is 0. The van der Waals surface area contributed by atoms with Crippen LogP contribution in [-0.2, 0) is 19.7 Å². The van der Waals surface area contributed by atoms with Gasteiger partial charge in [-0.3, -0.25) is 9.59 Å². The summed E-state index contributed by atoms with van der Waals surface area (Å²) in [5.41, 5.74) is -0.677. The number of methoxy groups -OCH3 is 1. The van der Waals surface area contributed by atoms with Crippen molar-refractivity contribution in [2.75, 3.05) is 76.3 Å². The van der Waals surface area contributed by atoms with Crippen LogP contribution in [-0.4, -0.2) is 125 Å². The first-order valence-electron chi connectivity index (χ1n) is 17.9. The highest BCUT2D eigenvalue weighted by molar-refractivity contribution is 5.98. The van der Waals surface area contributed by atoms with Gasteiger partial charge in [0.2, 0.25) is 5.91 Å². The van der Waals surface area contributed by atoms with Crippen molar-refractivity contribution >= 4 is 29.5 Å². The number of ether oxygens (including phenoxy) is 2. The van der Waals surface area contributed by atoms with E-state index < -0.39 is 23.7 Å². The molecule has 50 heavy (non-hydrogen) atoms. The number of piperidine rings is 1. The number of rotatable bonds is 11. The molecule has 4 heterocycles. The fourth-order valence-corrected chi connectivity index (χ4v) is 6.31. The molecule has 1 N–H and O–H groups in total. The Morgan fingerprint density at radius 1 is 1.00 bits per heavy atom. The van der Waals surface area contributed by atoms with Gasteiger partial charge < -0.3 is 34.4 Å². The molecule has 0 aromatic carbocycles. The van der Waals surface area contributed by atoms with Gasteiger partial charge in [-0.1, -0.05) is 40.7 Å². The number of amides is 3. The summed E-state index contributed by atoms with van der Waals surface area (Å²) < 4.78 is 11.0. The molecular weight excluding hydrogens is 636 g/mol. The van der Waals surface area contributed by atoms with Crippen molar-refractivity contribution in [3.63, 3.8) is 0 Å². The average Bonchev–Trinajstić information content (AvgIpc) is 3.07. The second kappa shape index (κ2) is 16.8. The fourth-order valence-electron chi connectivity index (χ4n) is 6.31. The van der Waals surface area contributed by atoms with Crippen molar-refractivity contribution in [2.24, 2.45) is 11.8 Å². The highest BCUT2D eigenvalue weighted by atomic mass is 16.6. The summed E-state index contributed by atoms with van der Waals surface area (Å²) in [6.07, 6.45) is 4.06. The zero-order valence-electron chi connectivity index (χ0n) is 31.6. The van der Waals surface area contributed by atoms with Gasteiger partial charge in [0, 0.05) is 83.9 Å². The Bertz CT molecular complexity index is 1430. The lowest BCUT2D eigenvalue weighted by Gasteiger charge is -2.44. The number of aromatic nitrogens is 3. The first kappa shape index (κ1) is 38.8. The maximum Gasteiger partial charge on any atom is 0.410 e. The lowest BCUT2D eigenvalue weighted by atomic mass is 9.90. The van der Waals surface area contributed by atoms with Gasteiger partial charge in [-0.25, -0.2) is 19.7 Å². The zero-order chi connectivity index (χ0) is 36.6. The standard InChI is InChI=1S/C37H58N8O5/c1-26(2)23-45(33(47)29-22-40-34(36(3,4)5)41-31(29)39-15-12-20-49-9)28-21-27(24-44(25-28)35(48)50-37(6,7)8)32(46)43-18-16-42(17-19-43)30-13-10-11-14-38-30/h10-11,13-14,22,26-28H,12,15-21,23-25H2,1-9H3,(H,39,40,41)/t27-,28+/m1/s1. The number of nitrogens with one attached hydrogen (secondary N) is 1. The quantitative estimate of drug-likeness (QED) is 0.331. The minimum atomic E-state index is -0.714. The molecule has 276 valence electrons. The van der Waals surface area contributed by atoms with Crippen molar-refractivity contribution in [3.05, 3.63) is 42.0 Å². The maximum absolute atomic E-state index is 14.6. The molecule has 2 atom stereocenters. The Morgan fingerprint density at radius 2 is 1.72 bits per heavy atom. The van der Waals surface area contributed by atoms with Crippen LogP contribution in [0, 0.1) is 11.8 Å². The molecule has 0 saturated carbocycles. The third kappa shape index (κ3) is 10.5. The zero-order valence-corrected chi connectivity index (χ0v) is 31.6. The van der Waals surface area contributed by atoms with E-state index in [9.17, 15) is 14.4 Å². The van der Waals surface area contributed by atoms with Crippen molar-refractivity contribution in [1.29, 1.82) is 0 Å². The molecule has 13 heteroatoms. The molecule has 13 nitrogen and oxygen atoms in total. The van der Waals surface area contributed by atoms with E-state index in [4.69, 9.17) is 14.5 Å². The normalized spacial score (nSPS) is 18.6. The number of nitrogens with zero attached hydrogens (tertiary/aromatic N) is 7. The molecule has 2 saturated heterocycles. The second-order valence-corrected chi connectivity index (χ2v) is 15.8. The van der Waals surface area contributed by atoms with E-state index in [1.54, 1.807) is 24.4 Å². The third-order valence-electron chi connectivity index (χ3n) is 8.77. The van der Waals surface area contributed by atoms with Crippen LogP contribution in [0.4, 0.5) is 16.4 Å². The summed E-state index contributed by atoms with van der Waals surface area (Å²) in [6, 6.07) is 5.40. The maximum atomic E-state index is 14.6. The third-order valence-corrected chi connectivity index (χ3v) is 8.77. The van der Waals surface area contributed by atoms with Gasteiger partial charge >= 0.3 is 6.09 Å². The Hall–Kier alpha value is -4.00. The number of hydrogen-bond acceptors (Lipinski definition) is 10. The van der Waals surface area contributed by atoms with Crippen molar-refractivity contribution in [3.8, 4) is 0 Å². The molecular formula is C37H58N8O5. The lowest BCUT2D eigenvalue weighted by molar-refractivity contribution is -0.138. The van der Waals surface area contributed by atoms with Crippen LogP contribution in [0.3, 0.4) is 0 Å². The number of carbonyl (C=O) groups excluding carboxylic acids is 3. The monoisotopic (exact) mass is 694 g/mol. The highest BCUT2D eigenvalue weighted by Gasteiger charge is 2.42. The van der Waals surface area contributed by atoms with Gasteiger partial charge in [0.25, 0.3) is 5.91 Å². The Kier molecular flexibility index (Phi) is 13.0. The topological polar surface area (TPSA) is 133 Å². The molecule has 0 radical (unpaired) electrons. The van der Waals surface area contributed by atoms with Gasteiger partial charge in [-0.15, -0.1) is 0 Å². The number of hydrogen-bond donors (Lipinski definition) is 1. The first-order chi connectivity index (χ1) is 23.6. The van der Waals surface area contributed by atoms with Crippen molar-refractivity contribution in [2.45, 2.75) is 85.3 Å². The van der Waals surface area contributed by atoms with Crippen LogP contribution >= 0.6 is 0 Å². The SMILES string of the molecule is COCCCNc1nc(C(C)(C)C)ncc1C(=O)N(CC(C)C)[C@H]1C[C@@H](C(=O)N2CCN(c3ccccn3)CC2)CN(C(=O)OC(C)(C)C)C1. The summed E-state index contributed by atoms with van der Waals surface area (Å²) in [5.74, 6) is 1.36. The second-order valence-electron chi connectivity index (χ2n) is 15.8. The molecule has 4 rings (SSSR count). The van der Waals surface area contributed by atoms with Crippen LogP contribution in [0.2, 0.25) is 0 Å². The Labute approximate surface area is 298 Å². The first-order valence-corrected chi connectivity index (χ1v) is 17.9. The number of pyridine rings is 1. The largest absolute Gasteiger partial charge is 0.444 e. The summed E-state index contributed by atoms with van der Waals surface area (Å²) in [7, 11) is 1.66. The molecule has 0 bridgehead atoms. The molecule has 0 aliphatic carbocycles. The fraction of sp³-hybridized carbons (Fsp3) is 0.676. The van der Waals surface area contributed by atoms with E-state index in [1.165, 1.54) is 0 Å². The van der Waals surface area contributed by atoms with Crippen LogP contribution in [0.25, 0.3) is 0 Å². The summed E-state index contributed by atoms with van der Waals surface area (Å²) in [5, 5.41) is 3.36. The molecule has 2 aliphatic rings. The molecule has 2 fully saturated rings. The van der Waals surface area contributed by atoms with Crippen molar-refractivity contribution < 1.29 is 23.9 Å². The van der Waals surface area contributed by atoms with Gasteiger partial charge in [-0.2, -0.15) is 0 Å². The molecule has 0 unspecified atom stereocenters. The lowest BCUT2D eigenvalue weighted by Crippen LogP contribution is -2.59. The molecule has 3 amide bonds. The summed E-state index contributed by atoms with van der Waals surface area (Å²) in [4.78, 5) is 63.8. The molecule has 2 aliphatic heterocycles. The Morgan fingerprint density at radius 3 is 2.32 bits per heavy atom. The number of carbonyl (C=O) groups is 3. The van der Waals surface area contributed by atoms with Crippen LogP contribution in [0.15, 0.2) is 30.6 Å². The van der Waals surface area contributed by atoms with E-state index >= 15 is 0 Å². The number of likely N-dealkylation sites (tertiary alicyclic amines) is 1. The predicted octanol–water partition coefficient (Wildman–Crippen LogP) is 4.69. The predicted molar refractivity (Wildman–Crippen MR) is 194 cm³/mol. The molecule has 2 aromatic rings. The van der Waals surface area contributed by atoms with Gasteiger partial charge in [0.1, 0.15) is 28.6 Å². The van der Waals surface area contributed by atoms with E-state index in [-0.39, 0.29) is 36.2 Å². The minimum Gasteiger partial charge on any atom is -0.444 e. The van der Waals surface area contributed by atoms with Gasteiger partial charge in [-0.05, 0) is 51.7 Å². The van der Waals surface area contributed by atoms with Gasteiger partial charge in [0.15, 0.2) is 0 Å². The number of piperazine rings is 1. The average molecular weight is 695 g/mol. The van der Waals surface area contributed by atoms with Crippen molar-refractivity contribution in [1.82, 2.24) is 29.7 Å². The van der Waals surface area contributed by atoms with E-state index in [0.29, 0.717) is 69.5 Å². The number of anilines is 2. The van der Waals surface area contributed by atoms with Crippen LogP contribution in [0.1, 0.15) is 84.4 Å². The van der Waals surface area contributed by atoms with Gasteiger partial charge in [0.05, 0.1) is 12.0 Å². The van der Waals surface area contributed by atoms with E-state index in [2.05, 4.69) is 34.0 Å².